The number of aliphatic hydroxyl groups is 3. The van der Waals surface area contributed by atoms with Gasteiger partial charge < -0.3 is 30.1 Å². The summed E-state index contributed by atoms with van der Waals surface area (Å²) in [4.78, 5) is 7.16. The van der Waals surface area contributed by atoms with Gasteiger partial charge >= 0.3 is 12.2 Å². The molecule has 1 fully saturated rings. The number of rotatable bonds is 6. The van der Waals surface area contributed by atoms with E-state index >= 15 is 0 Å². The van der Waals surface area contributed by atoms with Crippen molar-refractivity contribution in [1.82, 2.24) is 25.4 Å². The van der Waals surface area contributed by atoms with Crippen molar-refractivity contribution in [1.29, 1.82) is 0 Å². The molecule has 0 aromatic carbocycles. The quantitative estimate of drug-likeness (QED) is 0.406. The fraction of sp³-hybridized carbons (Fsp3) is 0.571. The molecule has 1 aliphatic rings. The highest BCUT2D eigenvalue weighted by Crippen LogP contribution is 2.31. The SMILES string of the molecule is OC[C@H]1OC[C@H](Nc2cc(C(F)(F)F)nc(OCc3cn[nH]n3)n2)[C@@H](O)[C@H]1O. The molecular formula is C14H17F3N6O5. The summed E-state index contributed by atoms with van der Waals surface area (Å²) in [6, 6.07) is -0.905. The first-order valence-corrected chi connectivity index (χ1v) is 8.06. The van der Waals surface area contributed by atoms with Crippen molar-refractivity contribution in [2.45, 2.75) is 37.1 Å². The van der Waals surface area contributed by atoms with Crippen LogP contribution in [0.2, 0.25) is 0 Å². The van der Waals surface area contributed by atoms with Crippen LogP contribution in [0.4, 0.5) is 19.0 Å². The summed E-state index contributed by atoms with van der Waals surface area (Å²) in [5.41, 5.74) is -0.940. The van der Waals surface area contributed by atoms with E-state index in [0.29, 0.717) is 11.8 Å². The van der Waals surface area contributed by atoms with E-state index < -0.39 is 48.8 Å². The topological polar surface area (TPSA) is 159 Å². The van der Waals surface area contributed by atoms with Gasteiger partial charge in [0.15, 0.2) is 5.69 Å². The number of nitrogens with one attached hydrogen (secondary N) is 2. The Morgan fingerprint density at radius 2 is 2.07 bits per heavy atom. The Morgan fingerprint density at radius 1 is 1.29 bits per heavy atom. The van der Waals surface area contributed by atoms with Crippen LogP contribution in [0.1, 0.15) is 11.4 Å². The Hall–Kier alpha value is -2.55. The molecule has 0 amide bonds. The fourth-order valence-corrected chi connectivity index (χ4v) is 2.50. The third kappa shape index (κ3) is 4.64. The van der Waals surface area contributed by atoms with Crippen LogP contribution in [0.15, 0.2) is 12.3 Å². The maximum Gasteiger partial charge on any atom is 0.433 e. The zero-order chi connectivity index (χ0) is 20.3. The normalized spacial score (nSPS) is 25.5. The highest BCUT2D eigenvalue weighted by atomic mass is 19.4. The van der Waals surface area contributed by atoms with Crippen molar-refractivity contribution in [3.05, 3.63) is 23.7 Å². The van der Waals surface area contributed by atoms with E-state index in [1.807, 2.05) is 0 Å². The standard InChI is InChI=1S/C14H17F3N6O5/c15-14(16,17)9-1-10(19-7-5-27-8(3-24)12(26)11(7)25)21-13(20-9)28-4-6-2-18-23-22-6/h1-2,7-8,11-12,24-26H,3-5H2,(H,18,22,23)(H,19,20,21)/t7-,8+,11+,12-/m0/s1. The molecule has 2 aromatic heterocycles. The van der Waals surface area contributed by atoms with Gasteiger partial charge in [-0.2, -0.15) is 38.5 Å². The second kappa shape index (κ2) is 8.22. The van der Waals surface area contributed by atoms with Gasteiger partial charge in [-0.25, -0.2) is 0 Å². The largest absolute Gasteiger partial charge is 0.457 e. The number of aromatic amines is 1. The number of halogens is 3. The Labute approximate surface area is 155 Å². The minimum Gasteiger partial charge on any atom is -0.457 e. The van der Waals surface area contributed by atoms with Crippen molar-refractivity contribution in [3.63, 3.8) is 0 Å². The third-order valence-electron chi connectivity index (χ3n) is 3.96. The van der Waals surface area contributed by atoms with Gasteiger partial charge in [0, 0.05) is 6.07 Å². The maximum absolute atomic E-state index is 13.1. The number of aliphatic hydroxyl groups excluding tert-OH is 3. The first-order valence-electron chi connectivity index (χ1n) is 8.06. The van der Waals surface area contributed by atoms with Crippen molar-refractivity contribution in [2.24, 2.45) is 0 Å². The van der Waals surface area contributed by atoms with E-state index in [9.17, 15) is 23.4 Å². The summed E-state index contributed by atoms with van der Waals surface area (Å²) in [6.45, 7) is -0.913. The van der Waals surface area contributed by atoms with Crippen molar-refractivity contribution in [2.75, 3.05) is 18.5 Å². The Morgan fingerprint density at radius 3 is 2.71 bits per heavy atom. The van der Waals surface area contributed by atoms with E-state index in [-0.39, 0.29) is 19.0 Å². The maximum atomic E-state index is 13.1. The first-order chi connectivity index (χ1) is 13.3. The van der Waals surface area contributed by atoms with E-state index in [2.05, 4.69) is 30.7 Å². The molecule has 0 bridgehead atoms. The summed E-state index contributed by atoms with van der Waals surface area (Å²) >= 11 is 0. The van der Waals surface area contributed by atoms with Gasteiger partial charge in [-0.1, -0.05) is 0 Å². The lowest BCUT2D eigenvalue weighted by atomic mass is 9.98. The van der Waals surface area contributed by atoms with E-state index in [0.717, 1.165) is 0 Å². The van der Waals surface area contributed by atoms with Crippen LogP contribution in [-0.2, 0) is 17.5 Å². The van der Waals surface area contributed by atoms with Crippen LogP contribution in [0, 0.1) is 0 Å². The summed E-state index contributed by atoms with van der Waals surface area (Å²) in [5.74, 6) is -0.292. The van der Waals surface area contributed by atoms with Crippen molar-refractivity contribution in [3.8, 4) is 6.01 Å². The van der Waals surface area contributed by atoms with Crippen LogP contribution in [0.25, 0.3) is 0 Å². The predicted octanol–water partition coefficient (Wildman–Crippen LogP) is -0.914. The van der Waals surface area contributed by atoms with Gasteiger partial charge in [-0.15, -0.1) is 0 Å². The number of ether oxygens (including phenoxy) is 2. The molecule has 14 heteroatoms. The number of anilines is 1. The molecule has 5 N–H and O–H groups in total. The summed E-state index contributed by atoms with van der Waals surface area (Å²) < 4.78 is 49.7. The van der Waals surface area contributed by atoms with Crippen molar-refractivity contribution < 1.29 is 38.0 Å². The van der Waals surface area contributed by atoms with Crippen LogP contribution >= 0.6 is 0 Å². The zero-order valence-electron chi connectivity index (χ0n) is 14.2. The summed E-state index contributed by atoms with van der Waals surface area (Å²) in [5, 5.41) is 41.2. The van der Waals surface area contributed by atoms with Crippen LogP contribution in [0.3, 0.4) is 0 Å². The fourth-order valence-electron chi connectivity index (χ4n) is 2.50. The molecule has 1 saturated heterocycles. The predicted molar refractivity (Wildman–Crippen MR) is 84.0 cm³/mol. The average molecular weight is 406 g/mol. The van der Waals surface area contributed by atoms with Crippen LogP contribution in [0.5, 0.6) is 6.01 Å². The number of H-pyrrole nitrogens is 1. The lowest BCUT2D eigenvalue weighted by molar-refractivity contribution is -0.152. The molecule has 0 unspecified atom stereocenters. The van der Waals surface area contributed by atoms with E-state index in [1.54, 1.807) is 0 Å². The molecule has 3 rings (SSSR count). The van der Waals surface area contributed by atoms with E-state index in [1.165, 1.54) is 6.20 Å². The molecule has 3 heterocycles. The molecule has 2 aromatic rings. The molecule has 154 valence electrons. The molecule has 28 heavy (non-hydrogen) atoms. The first kappa shape index (κ1) is 20.2. The third-order valence-corrected chi connectivity index (χ3v) is 3.96. The molecule has 0 saturated carbocycles. The Kier molecular flexibility index (Phi) is 5.93. The second-order valence-electron chi connectivity index (χ2n) is 5.96. The molecule has 11 nitrogen and oxygen atoms in total. The molecular weight excluding hydrogens is 389 g/mol. The number of hydrogen-bond acceptors (Lipinski definition) is 10. The van der Waals surface area contributed by atoms with Gasteiger partial charge in [0.05, 0.1) is 25.5 Å². The lowest BCUT2D eigenvalue weighted by Gasteiger charge is -2.37. The number of aromatic nitrogens is 5. The molecule has 0 aliphatic carbocycles. The van der Waals surface area contributed by atoms with E-state index in [4.69, 9.17) is 14.6 Å². The monoisotopic (exact) mass is 406 g/mol. The van der Waals surface area contributed by atoms with Gasteiger partial charge in [-0.05, 0) is 0 Å². The van der Waals surface area contributed by atoms with Crippen molar-refractivity contribution >= 4 is 5.82 Å². The molecule has 0 spiro atoms. The number of hydrogen-bond donors (Lipinski definition) is 5. The van der Waals surface area contributed by atoms with Gasteiger partial charge in [-0.3, -0.25) is 0 Å². The minimum atomic E-state index is -4.77. The van der Waals surface area contributed by atoms with Crippen LogP contribution < -0.4 is 10.1 Å². The Bertz CT molecular complexity index is 777. The van der Waals surface area contributed by atoms with Crippen LogP contribution in [-0.4, -0.2) is 78.3 Å². The second-order valence-corrected chi connectivity index (χ2v) is 5.96. The zero-order valence-corrected chi connectivity index (χ0v) is 14.2. The lowest BCUT2D eigenvalue weighted by Crippen LogP contribution is -2.56. The highest BCUT2D eigenvalue weighted by Gasteiger charge is 2.39. The Balaban J connectivity index is 1.78. The van der Waals surface area contributed by atoms with Gasteiger partial charge in [0.1, 0.15) is 36.4 Å². The van der Waals surface area contributed by atoms with Gasteiger partial charge in [0.2, 0.25) is 0 Å². The molecule has 1 aliphatic heterocycles. The highest BCUT2D eigenvalue weighted by molar-refractivity contribution is 5.40. The smallest absolute Gasteiger partial charge is 0.433 e. The minimum absolute atomic E-state index is 0.177. The van der Waals surface area contributed by atoms with Gasteiger partial charge in [0.25, 0.3) is 0 Å². The summed E-state index contributed by atoms with van der Waals surface area (Å²) in [7, 11) is 0. The number of nitrogens with zero attached hydrogens (tertiary/aromatic N) is 4. The average Bonchev–Trinajstić information content (AvgIpc) is 3.17. The summed E-state index contributed by atoms with van der Waals surface area (Å²) in [6.07, 6.45) is -7.28. The molecule has 0 radical (unpaired) electrons. The number of alkyl halides is 3. The molecule has 4 atom stereocenters.